The van der Waals surface area contributed by atoms with Gasteiger partial charge in [0.2, 0.25) is 0 Å². The van der Waals surface area contributed by atoms with Crippen LogP contribution in [0, 0.1) is 17.0 Å². The Hall–Kier alpha value is -2.11. The predicted octanol–water partition coefficient (Wildman–Crippen LogP) is 1.84. The predicted molar refractivity (Wildman–Crippen MR) is 59.9 cm³/mol. The number of rotatable bonds is 4. The highest BCUT2D eigenvalue weighted by atomic mass is 16.6. The lowest BCUT2D eigenvalue weighted by molar-refractivity contribution is -0.385. The number of benzene rings is 1. The van der Waals surface area contributed by atoms with Crippen LogP contribution >= 0.6 is 0 Å². The molecule has 92 valence electrons. The Balaban J connectivity index is 2.93. The number of methoxy groups -OCH3 is 1. The fourth-order valence-corrected chi connectivity index (χ4v) is 1.23. The molecule has 6 heteroatoms. The molecule has 0 bridgehead atoms. The Morgan fingerprint density at radius 2 is 2.12 bits per heavy atom. The van der Waals surface area contributed by atoms with Gasteiger partial charge in [0.15, 0.2) is 6.10 Å². The molecule has 0 radical (unpaired) electrons. The molecule has 1 aromatic rings. The third-order valence-electron chi connectivity index (χ3n) is 2.22. The molecule has 0 heterocycles. The summed E-state index contributed by atoms with van der Waals surface area (Å²) in [7, 11) is 1.25. The average molecular weight is 239 g/mol. The summed E-state index contributed by atoms with van der Waals surface area (Å²) in [6.07, 6.45) is -0.805. The average Bonchev–Trinajstić information content (AvgIpc) is 2.30. The van der Waals surface area contributed by atoms with Crippen LogP contribution in [0.1, 0.15) is 12.5 Å². The SMILES string of the molecule is COC(=O)[C@@H](C)Oc1cc([N+](=O)[O-])ccc1C. The number of hydrogen-bond acceptors (Lipinski definition) is 5. The first-order valence-corrected chi connectivity index (χ1v) is 4.95. The van der Waals surface area contributed by atoms with Crippen LogP contribution in [0.5, 0.6) is 5.75 Å². The summed E-state index contributed by atoms with van der Waals surface area (Å²) < 4.78 is 9.81. The molecule has 17 heavy (non-hydrogen) atoms. The first kappa shape index (κ1) is 13.0. The highest BCUT2D eigenvalue weighted by molar-refractivity contribution is 5.74. The van der Waals surface area contributed by atoms with Gasteiger partial charge in [0.1, 0.15) is 5.75 Å². The van der Waals surface area contributed by atoms with Gasteiger partial charge in [0.05, 0.1) is 18.1 Å². The minimum atomic E-state index is -0.805. The topological polar surface area (TPSA) is 78.7 Å². The minimum Gasteiger partial charge on any atom is -0.478 e. The van der Waals surface area contributed by atoms with E-state index in [1.807, 2.05) is 0 Å². The molecule has 0 aliphatic rings. The Kier molecular flexibility index (Phi) is 4.03. The second-order valence-corrected chi connectivity index (χ2v) is 3.49. The minimum absolute atomic E-state index is 0.0809. The van der Waals surface area contributed by atoms with E-state index in [9.17, 15) is 14.9 Å². The number of hydrogen-bond donors (Lipinski definition) is 0. The zero-order valence-corrected chi connectivity index (χ0v) is 9.80. The number of ether oxygens (including phenoxy) is 2. The third kappa shape index (κ3) is 3.17. The van der Waals surface area contributed by atoms with Crippen molar-refractivity contribution in [3.05, 3.63) is 33.9 Å². The van der Waals surface area contributed by atoms with Crippen molar-refractivity contribution in [2.24, 2.45) is 0 Å². The number of nitrogens with zero attached hydrogens (tertiary/aromatic N) is 1. The first-order chi connectivity index (χ1) is 7.95. The number of esters is 1. The molecule has 0 aliphatic heterocycles. The van der Waals surface area contributed by atoms with Gasteiger partial charge in [0, 0.05) is 6.07 Å². The van der Waals surface area contributed by atoms with Crippen LogP contribution in [0.25, 0.3) is 0 Å². The molecule has 1 aromatic carbocycles. The van der Waals surface area contributed by atoms with E-state index in [-0.39, 0.29) is 5.69 Å². The quantitative estimate of drug-likeness (QED) is 0.455. The van der Waals surface area contributed by atoms with Gasteiger partial charge in [0.25, 0.3) is 5.69 Å². The maximum atomic E-state index is 11.2. The van der Waals surface area contributed by atoms with E-state index in [0.29, 0.717) is 11.3 Å². The van der Waals surface area contributed by atoms with Crippen LogP contribution < -0.4 is 4.74 Å². The number of carbonyl (C=O) groups is 1. The Bertz CT molecular complexity index is 443. The molecular formula is C11H13NO5. The summed E-state index contributed by atoms with van der Waals surface area (Å²) in [5, 5.41) is 10.6. The van der Waals surface area contributed by atoms with E-state index in [1.54, 1.807) is 13.0 Å². The van der Waals surface area contributed by atoms with Crippen molar-refractivity contribution in [2.75, 3.05) is 7.11 Å². The second-order valence-electron chi connectivity index (χ2n) is 3.49. The monoisotopic (exact) mass is 239 g/mol. The van der Waals surface area contributed by atoms with Crippen LogP contribution in [0.15, 0.2) is 18.2 Å². The molecule has 0 saturated heterocycles. The zero-order chi connectivity index (χ0) is 13.0. The van der Waals surface area contributed by atoms with Crippen LogP contribution in [0.2, 0.25) is 0 Å². The lowest BCUT2D eigenvalue weighted by atomic mass is 10.2. The standard InChI is InChI=1S/C11H13NO5/c1-7-4-5-9(12(14)15)6-10(7)17-8(2)11(13)16-3/h4-6,8H,1-3H3/t8-/m1/s1. The normalized spacial score (nSPS) is 11.7. The van der Waals surface area contributed by atoms with E-state index in [1.165, 1.54) is 26.2 Å². The van der Waals surface area contributed by atoms with Crippen LogP contribution in [0.3, 0.4) is 0 Å². The van der Waals surface area contributed by atoms with Crippen LogP contribution in [-0.2, 0) is 9.53 Å². The van der Waals surface area contributed by atoms with Crippen molar-refractivity contribution in [2.45, 2.75) is 20.0 Å². The Labute approximate surface area is 98.3 Å². The van der Waals surface area contributed by atoms with Crippen molar-refractivity contribution in [1.29, 1.82) is 0 Å². The smallest absolute Gasteiger partial charge is 0.346 e. The van der Waals surface area contributed by atoms with Crippen molar-refractivity contribution in [3.8, 4) is 5.75 Å². The van der Waals surface area contributed by atoms with E-state index in [2.05, 4.69) is 4.74 Å². The molecular weight excluding hydrogens is 226 g/mol. The molecule has 0 fully saturated rings. The van der Waals surface area contributed by atoms with Gasteiger partial charge >= 0.3 is 5.97 Å². The van der Waals surface area contributed by atoms with Gasteiger partial charge < -0.3 is 9.47 Å². The number of carbonyl (C=O) groups excluding carboxylic acids is 1. The second kappa shape index (κ2) is 5.29. The molecule has 0 aromatic heterocycles. The highest BCUT2D eigenvalue weighted by Crippen LogP contribution is 2.25. The fourth-order valence-electron chi connectivity index (χ4n) is 1.23. The summed E-state index contributed by atoms with van der Waals surface area (Å²) in [5.41, 5.74) is 0.633. The van der Waals surface area contributed by atoms with Crippen LogP contribution in [0.4, 0.5) is 5.69 Å². The number of nitro benzene ring substituents is 1. The van der Waals surface area contributed by atoms with Crippen molar-refractivity contribution in [3.63, 3.8) is 0 Å². The van der Waals surface area contributed by atoms with Gasteiger partial charge in [-0.15, -0.1) is 0 Å². The molecule has 0 amide bonds. The molecule has 0 N–H and O–H groups in total. The van der Waals surface area contributed by atoms with Crippen molar-refractivity contribution < 1.29 is 19.2 Å². The third-order valence-corrected chi connectivity index (χ3v) is 2.22. The summed E-state index contributed by atoms with van der Waals surface area (Å²) in [4.78, 5) is 21.2. The molecule has 6 nitrogen and oxygen atoms in total. The maximum Gasteiger partial charge on any atom is 0.346 e. The van der Waals surface area contributed by atoms with Gasteiger partial charge in [-0.1, -0.05) is 0 Å². The lowest BCUT2D eigenvalue weighted by Gasteiger charge is -2.13. The number of non-ortho nitro benzene ring substituents is 1. The fraction of sp³-hybridized carbons (Fsp3) is 0.364. The van der Waals surface area contributed by atoms with E-state index >= 15 is 0 Å². The Morgan fingerprint density at radius 1 is 1.47 bits per heavy atom. The summed E-state index contributed by atoms with van der Waals surface area (Å²) in [6, 6.07) is 4.23. The highest BCUT2D eigenvalue weighted by Gasteiger charge is 2.17. The van der Waals surface area contributed by atoms with E-state index in [4.69, 9.17) is 4.74 Å². The summed E-state index contributed by atoms with van der Waals surface area (Å²) in [5.74, 6) is -0.229. The lowest BCUT2D eigenvalue weighted by Crippen LogP contribution is -2.25. The first-order valence-electron chi connectivity index (χ1n) is 4.95. The van der Waals surface area contributed by atoms with Crippen molar-refractivity contribution in [1.82, 2.24) is 0 Å². The van der Waals surface area contributed by atoms with Gasteiger partial charge in [-0.25, -0.2) is 4.79 Å². The molecule has 1 atom stereocenters. The molecule has 0 saturated carbocycles. The molecule has 0 aliphatic carbocycles. The molecule has 1 rings (SSSR count). The number of aryl methyl sites for hydroxylation is 1. The number of nitro groups is 1. The van der Waals surface area contributed by atoms with Crippen molar-refractivity contribution >= 4 is 11.7 Å². The zero-order valence-electron chi connectivity index (χ0n) is 9.80. The molecule has 0 spiro atoms. The van der Waals surface area contributed by atoms with E-state index in [0.717, 1.165) is 0 Å². The summed E-state index contributed by atoms with van der Waals surface area (Å²) >= 11 is 0. The largest absolute Gasteiger partial charge is 0.478 e. The molecule has 0 unspecified atom stereocenters. The van der Waals surface area contributed by atoms with Crippen LogP contribution in [-0.4, -0.2) is 24.1 Å². The van der Waals surface area contributed by atoms with Gasteiger partial charge in [-0.2, -0.15) is 0 Å². The van der Waals surface area contributed by atoms with Gasteiger partial charge in [-0.05, 0) is 25.5 Å². The van der Waals surface area contributed by atoms with Gasteiger partial charge in [-0.3, -0.25) is 10.1 Å². The van der Waals surface area contributed by atoms with E-state index < -0.39 is 17.0 Å². The Morgan fingerprint density at radius 3 is 2.65 bits per heavy atom. The maximum absolute atomic E-state index is 11.2. The summed E-state index contributed by atoms with van der Waals surface area (Å²) in [6.45, 7) is 3.26.